The van der Waals surface area contributed by atoms with Gasteiger partial charge in [0.15, 0.2) is 0 Å². The smallest absolute Gasteiger partial charge is 0.229 e. The molecule has 0 aromatic rings. The Morgan fingerprint density at radius 2 is 2.31 bits per heavy atom. The molecular formula is C11H13NO. The maximum absolute atomic E-state index is 11.2. The molecule has 0 bridgehead atoms. The first-order chi connectivity index (χ1) is 6.27. The van der Waals surface area contributed by atoms with E-state index in [0.29, 0.717) is 0 Å². The van der Waals surface area contributed by atoms with E-state index in [1.165, 1.54) is 5.57 Å². The molecule has 1 fully saturated rings. The van der Waals surface area contributed by atoms with Crippen LogP contribution in [0.5, 0.6) is 0 Å². The highest BCUT2D eigenvalue weighted by atomic mass is 16.2. The average molecular weight is 175 g/mol. The van der Waals surface area contributed by atoms with Crippen molar-refractivity contribution in [3.8, 4) is 0 Å². The number of hydrogen-bond donors (Lipinski definition) is 1. The molecule has 1 aliphatic heterocycles. The molecule has 1 saturated heterocycles. The normalized spacial score (nSPS) is 40.7. The minimum Gasteiger partial charge on any atom is -0.348 e. The number of rotatable bonds is 0. The first-order valence-electron chi connectivity index (χ1n) is 4.58. The maximum Gasteiger partial charge on any atom is 0.229 e. The van der Waals surface area contributed by atoms with Gasteiger partial charge in [0.2, 0.25) is 5.91 Å². The highest BCUT2D eigenvalue weighted by Crippen LogP contribution is 2.21. The van der Waals surface area contributed by atoms with Gasteiger partial charge in [0.1, 0.15) is 0 Å². The zero-order chi connectivity index (χ0) is 9.26. The number of fused-ring (bicyclic) bond motifs is 1. The fourth-order valence-corrected chi connectivity index (χ4v) is 1.66. The number of β-lactam (4-membered cyclic amide) rings is 1. The van der Waals surface area contributed by atoms with Gasteiger partial charge in [-0.3, -0.25) is 4.79 Å². The third-order valence-corrected chi connectivity index (χ3v) is 2.47. The van der Waals surface area contributed by atoms with Crippen molar-refractivity contribution in [2.24, 2.45) is 5.92 Å². The predicted octanol–water partition coefficient (Wildman–Crippen LogP) is 1.56. The molecule has 0 spiro atoms. The minimum absolute atomic E-state index is 0.0659. The van der Waals surface area contributed by atoms with E-state index in [1.54, 1.807) is 0 Å². The van der Waals surface area contributed by atoms with Gasteiger partial charge in [-0.25, -0.2) is 0 Å². The Labute approximate surface area is 78.0 Å². The molecule has 13 heavy (non-hydrogen) atoms. The van der Waals surface area contributed by atoms with Crippen LogP contribution in [0.25, 0.3) is 0 Å². The van der Waals surface area contributed by atoms with E-state index in [4.69, 9.17) is 0 Å². The Morgan fingerprint density at radius 1 is 1.46 bits per heavy atom. The Morgan fingerprint density at radius 3 is 3.08 bits per heavy atom. The lowest BCUT2D eigenvalue weighted by Gasteiger charge is -2.32. The van der Waals surface area contributed by atoms with Crippen LogP contribution in [0.15, 0.2) is 36.0 Å². The molecule has 1 unspecified atom stereocenters. The monoisotopic (exact) mass is 175 g/mol. The number of nitrogens with one attached hydrogen (secondary N) is 1. The molecule has 1 N–H and O–H groups in total. The van der Waals surface area contributed by atoms with Gasteiger partial charge in [-0.1, -0.05) is 36.0 Å². The molecule has 1 amide bonds. The van der Waals surface area contributed by atoms with Crippen LogP contribution >= 0.6 is 0 Å². The van der Waals surface area contributed by atoms with E-state index in [1.807, 2.05) is 18.2 Å². The second-order valence-electron chi connectivity index (χ2n) is 3.59. The summed E-state index contributed by atoms with van der Waals surface area (Å²) in [7, 11) is 0. The topological polar surface area (TPSA) is 29.1 Å². The largest absolute Gasteiger partial charge is 0.348 e. The lowest BCUT2D eigenvalue weighted by Crippen LogP contribution is -2.56. The van der Waals surface area contributed by atoms with Crippen LogP contribution in [0.1, 0.15) is 13.3 Å². The van der Waals surface area contributed by atoms with Crippen molar-refractivity contribution in [3.05, 3.63) is 36.0 Å². The van der Waals surface area contributed by atoms with E-state index >= 15 is 0 Å². The van der Waals surface area contributed by atoms with E-state index in [9.17, 15) is 4.79 Å². The number of hydrogen-bond acceptors (Lipinski definition) is 1. The highest BCUT2D eigenvalue weighted by molar-refractivity contribution is 5.88. The summed E-state index contributed by atoms with van der Waals surface area (Å²) in [5, 5.41) is 2.86. The van der Waals surface area contributed by atoms with Crippen molar-refractivity contribution in [1.29, 1.82) is 0 Å². The van der Waals surface area contributed by atoms with E-state index in [0.717, 1.165) is 6.42 Å². The Kier molecular flexibility index (Phi) is 2.05. The van der Waals surface area contributed by atoms with Crippen molar-refractivity contribution in [1.82, 2.24) is 5.32 Å². The van der Waals surface area contributed by atoms with Gasteiger partial charge in [-0.05, 0) is 13.3 Å². The number of carbonyl (C=O) groups excluding carboxylic acids is 1. The van der Waals surface area contributed by atoms with Crippen molar-refractivity contribution >= 4 is 5.91 Å². The summed E-state index contributed by atoms with van der Waals surface area (Å²) in [6.45, 7) is 2.07. The van der Waals surface area contributed by atoms with Crippen molar-refractivity contribution in [2.75, 3.05) is 0 Å². The summed E-state index contributed by atoms with van der Waals surface area (Å²) in [6.07, 6.45) is 11.2. The molecular weight excluding hydrogens is 162 g/mol. The molecule has 0 saturated carbocycles. The third-order valence-electron chi connectivity index (χ3n) is 2.47. The summed E-state index contributed by atoms with van der Waals surface area (Å²) < 4.78 is 0. The molecule has 2 atom stereocenters. The lowest BCUT2D eigenvalue weighted by atomic mass is 9.88. The molecule has 1 heterocycles. The van der Waals surface area contributed by atoms with Crippen molar-refractivity contribution < 1.29 is 4.79 Å². The fourth-order valence-electron chi connectivity index (χ4n) is 1.66. The summed E-state index contributed by atoms with van der Waals surface area (Å²) in [5.41, 5.74) is 1.27. The molecule has 2 aliphatic rings. The highest BCUT2D eigenvalue weighted by Gasteiger charge is 2.35. The van der Waals surface area contributed by atoms with Crippen LogP contribution < -0.4 is 5.32 Å². The van der Waals surface area contributed by atoms with Gasteiger partial charge < -0.3 is 5.32 Å². The molecule has 68 valence electrons. The standard InChI is InChI=1S/C11H13NO/c1-8-5-3-2-4-6-10-9(7-8)11(13)12-10/h2-4,6-7,9-10H,5H2,1H3,(H,12,13)/b3-2-,6-4-,8-7-/t9-,10?/m0/s1. The van der Waals surface area contributed by atoms with E-state index in [2.05, 4.69) is 24.4 Å². The summed E-state index contributed by atoms with van der Waals surface area (Å²) in [6, 6.07) is 0.213. The molecule has 1 aliphatic carbocycles. The fraction of sp³-hybridized carbons (Fsp3) is 0.364. The molecule has 2 nitrogen and oxygen atoms in total. The lowest BCUT2D eigenvalue weighted by molar-refractivity contribution is -0.131. The number of carbonyl (C=O) groups is 1. The predicted molar refractivity (Wildman–Crippen MR) is 52.1 cm³/mol. The van der Waals surface area contributed by atoms with Gasteiger partial charge in [0, 0.05) is 0 Å². The molecule has 0 aromatic carbocycles. The van der Waals surface area contributed by atoms with Crippen LogP contribution in [-0.4, -0.2) is 11.9 Å². The van der Waals surface area contributed by atoms with Gasteiger partial charge in [-0.15, -0.1) is 0 Å². The van der Waals surface area contributed by atoms with E-state index < -0.39 is 0 Å². The first kappa shape index (κ1) is 8.30. The van der Waals surface area contributed by atoms with Crippen molar-refractivity contribution in [3.63, 3.8) is 0 Å². The first-order valence-corrected chi connectivity index (χ1v) is 4.58. The van der Waals surface area contributed by atoms with E-state index in [-0.39, 0.29) is 17.9 Å². The zero-order valence-electron chi connectivity index (χ0n) is 7.66. The SMILES string of the molecule is C/C1=C/[C@@H]2C(=O)NC2/C=C\C=C/C1. The Bertz CT molecular complexity index is 312. The van der Waals surface area contributed by atoms with Crippen LogP contribution in [0, 0.1) is 5.92 Å². The van der Waals surface area contributed by atoms with Gasteiger partial charge in [0.05, 0.1) is 12.0 Å². The van der Waals surface area contributed by atoms with Gasteiger partial charge in [-0.2, -0.15) is 0 Å². The molecule has 2 heteroatoms. The Hall–Kier alpha value is -1.31. The Balaban J connectivity index is 2.22. The second kappa shape index (κ2) is 3.21. The quantitative estimate of drug-likeness (QED) is 0.439. The average Bonchev–Trinajstić information content (AvgIpc) is 2.17. The summed E-state index contributed by atoms with van der Waals surface area (Å²) in [4.78, 5) is 11.2. The zero-order valence-corrected chi connectivity index (χ0v) is 7.66. The molecule has 0 aromatic heterocycles. The van der Waals surface area contributed by atoms with Crippen molar-refractivity contribution in [2.45, 2.75) is 19.4 Å². The van der Waals surface area contributed by atoms with Gasteiger partial charge >= 0.3 is 0 Å². The molecule has 0 radical (unpaired) electrons. The minimum atomic E-state index is 0.0659. The van der Waals surface area contributed by atoms with Crippen LogP contribution in [0.2, 0.25) is 0 Å². The number of allylic oxidation sites excluding steroid dienone is 4. The maximum atomic E-state index is 11.2. The molecule has 2 rings (SSSR count). The number of amides is 1. The summed E-state index contributed by atoms with van der Waals surface area (Å²) in [5.74, 6) is 0.215. The van der Waals surface area contributed by atoms with Crippen LogP contribution in [-0.2, 0) is 4.79 Å². The summed E-state index contributed by atoms with van der Waals surface area (Å²) >= 11 is 0. The van der Waals surface area contributed by atoms with Gasteiger partial charge in [0.25, 0.3) is 0 Å². The third kappa shape index (κ3) is 1.57. The van der Waals surface area contributed by atoms with Crippen LogP contribution in [0.4, 0.5) is 0 Å². The second-order valence-corrected chi connectivity index (χ2v) is 3.59. The van der Waals surface area contributed by atoms with Crippen LogP contribution in [0.3, 0.4) is 0 Å².